The summed E-state index contributed by atoms with van der Waals surface area (Å²) in [4.78, 5) is 11.5. The Morgan fingerprint density at radius 2 is 1.73 bits per heavy atom. The maximum Gasteiger partial charge on any atom is 0.316 e. The van der Waals surface area contributed by atoms with E-state index >= 15 is 0 Å². The second kappa shape index (κ2) is 10.1. The number of rotatable bonds is 7. The molecule has 5 heteroatoms. The van der Waals surface area contributed by atoms with E-state index < -0.39 is 0 Å². The number of likely N-dealkylation sites (tertiary alicyclic amines) is 1. The topological polar surface area (TPSA) is 38.2 Å². The number of fused-ring (bicyclic) bond motifs is 1. The van der Waals surface area contributed by atoms with E-state index in [2.05, 4.69) is 45.2 Å². The third-order valence-corrected chi connectivity index (χ3v) is 6.43. The van der Waals surface area contributed by atoms with Crippen LogP contribution in [0.1, 0.15) is 24.8 Å². The van der Waals surface area contributed by atoms with Gasteiger partial charge in [0, 0.05) is 18.1 Å². The lowest BCUT2D eigenvalue weighted by Gasteiger charge is -2.31. The number of hydrogen-bond acceptors (Lipinski definition) is 4. The molecule has 0 N–H and O–H groups in total. The highest BCUT2D eigenvalue weighted by Crippen LogP contribution is 2.25. The Bertz CT molecular complexity index is 1210. The van der Waals surface area contributed by atoms with Gasteiger partial charge >= 0.3 is 6.01 Å². The molecule has 0 atom stereocenters. The van der Waals surface area contributed by atoms with Crippen LogP contribution in [0.3, 0.4) is 0 Å². The molecule has 0 spiro atoms. The average Bonchev–Trinajstić information content (AvgIpc) is 2.85. The molecular formula is C28H28FN3O. The van der Waals surface area contributed by atoms with Gasteiger partial charge in [-0.3, -0.25) is 4.90 Å². The second-order valence-electron chi connectivity index (χ2n) is 8.78. The van der Waals surface area contributed by atoms with Crippen molar-refractivity contribution in [3.05, 3.63) is 90.4 Å². The summed E-state index contributed by atoms with van der Waals surface area (Å²) in [6.07, 6.45) is 5.22. The number of ether oxygens (including phenoxy) is 1. The molecule has 0 radical (unpaired) electrons. The van der Waals surface area contributed by atoms with Gasteiger partial charge in [0.2, 0.25) is 0 Å². The van der Waals surface area contributed by atoms with Gasteiger partial charge in [-0.1, -0.05) is 48.5 Å². The van der Waals surface area contributed by atoms with Crippen molar-refractivity contribution in [3.63, 3.8) is 0 Å². The van der Waals surface area contributed by atoms with Gasteiger partial charge in [-0.25, -0.2) is 9.37 Å². The first-order chi connectivity index (χ1) is 16.2. The van der Waals surface area contributed by atoms with Crippen molar-refractivity contribution in [2.24, 2.45) is 5.92 Å². The van der Waals surface area contributed by atoms with E-state index in [0.29, 0.717) is 18.5 Å². The van der Waals surface area contributed by atoms with Crippen LogP contribution in [-0.4, -0.2) is 34.6 Å². The van der Waals surface area contributed by atoms with Gasteiger partial charge in [0.05, 0.1) is 12.1 Å². The smallest absolute Gasteiger partial charge is 0.316 e. The van der Waals surface area contributed by atoms with Gasteiger partial charge in [-0.2, -0.15) is 4.98 Å². The monoisotopic (exact) mass is 441 g/mol. The second-order valence-corrected chi connectivity index (χ2v) is 8.78. The SMILES string of the molecule is Fc1cccc(-c2ccc3nc(OCCC4CCN(Cc5ccccc5)CC4)ncc3c2)c1. The Labute approximate surface area is 194 Å². The molecule has 1 aliphatic heterocycles. The van der Waals surface area contributed by atoms with Crippen LogP contribution in [0.2, 0.25) is 0 Å². The van der Waals surface area contributed by atoms with Crippen LogP contribution >= 0.6 is 0 Å². The van der Waals surface area contributed by atoms with E-state index in [1.54, 1.807) is 12.3 Å². The molecule has 33 heavy (non-hydrogen) atoms. The zero-order valence-corrected chi connectivity index (χ0v) is 18.7. The largest absolute Gasteiger partial charge is 0.463 e. The van der Waals surface area contributed by atoms with Gasteiger partial charge in [-0.15, -0.1) is 0 Å². The third kappa shape index (κ3) is 5.55. The first-order valence-electron chi connectivity index (χ1n) is 11.6. The lowest BCUT2D eigenvalue weighted by molar-refractivity contribution is 0.155. The summed E-state index contributed by atoms with van der Waals surface area (Å²) in [5.41, 5.74) is 4.00. The molecule has 1 aliphatic rings. The van der Waals surface area contributed by atoms with Crippen molar-refractivity contribution in [3.8, 4) is 17.1 Å². The first-order valence-corrected chi connectivity index (χ1v) is 11.6. The van der Waals surface area contributed by atoms with Crippen LogP contribution in [0.4, 0.5) is 4.39 Å². The standard InChI is InChI=1S/C28H28FN3O/c29-26-8-4-7-23(18-26)24-9-10-27-25(17-24)19-30-28(31-27)33-16-13-21-11-14-32(15-12-21)20-22-5-2-1-3-6-22/h1-10,17-19,21H,11-16,20H2. The van der Waals surface area contributed by atoms with Crippen molar-refractivity contribution in [1.82, 2.24) is 14.9 Å². The molecule has 1 saturated heterocycles. The van der Waals surface area contributed by atoms with E-state index in [1.807, 2.05) is 24.3 Å². The molecule has 3 aromatic carbocycles. The summed E-state index contributed by atoms with van der Waals surface area (Å²) in [7, 11) is 0. The van der Waals surface area contributed by atoms with Gasteiger partial charge < -0.3 is 4.74 Å². The Kier molecular flexibility index (Phi) is 6.58. The molecule has 5 rings (SSSR count). The summed E-state index contributed by atoms with van der Waals surface area (Å²) in [6.45, 7) is 3.95. The fourth-order valence-electron chi connectivity index (χ4n) is 4.53. The van der Waals surface area contributed by atoms with E-state index in [9.17, 15) is 4.39 Å². The minimum absolute atomic E-state index is 0.241. The first kappa shape index (κ1) is 21.5. The van der Waals surface area contributed by atoms with Crippen LogP contribution in [0.15, 0.2) is 79.0 Å². The number of benzene rings is 3. The number of piperidine rings is 1. The summed E-state index contributed by atoms with van der Waals surface area (Å²) < 4.78 is 19.4. The van der Waals surface area contributed by atoms with Gasteiger partial charge in [0.1, 0.15) is 5.82 Å². The quantitative estimate of drug-likeness (QED) is 0.346. The molecule has 1 aromatic heterocycles. The Morgan fingerprint density at radius 3 is 2.55 bits per heavy atom. The molecule has 4 aromatic rings. The van der Waals surface area contributed by atoms with E-state index in [-0.39, 0.29) is 5.82 Å². The summed E-state index contributed by atoms with van der Waals surface area (Å²) in [5, 5.41) is 0.912. The van der Waals surface area contributed by atoms with Crippen LogP contribution < -0.4 is 4.74 Å². The van der Waals surface area contributed by atoms with Crippen molar-refractivity contribution in [2.75, 3.05) is 19.7 Å². The molecule has 0 aliphatic carbocycles. The molecule has 1 fully saturated rings. The lowest BCUT2D eigenvalue weighted by Crippen LogP contribution is -2.33. The summed E-state index contributed by atoms with van der Waals surface area (Å²) in [6, 6.07) is 23.6. The van der Waals surface area contributed by atoms with E-state index in [0.717, 1.165) is 48.1 Å². The number of halogens is 1. The van der Waals surface area contributed by atoms with Crippen LogP contribution in [0.5, 0.6) is 6.01 Å². The Hall–Kier alpha value is -3.31. The van der Waals surface area contributed by atoms with Gasteiger partial charge in [-0.05, 0) is 79.2 Å². The zero-order valence-electron chi connectivity index (χ0n) is 18.7. The number of aromatic nitrogens is 2. The molecule has 0 amide bonds. The third-order valence-electron chi connectivity index (χ3n) is 6.43. The number of hydrogen-bond donors (Lipinski definition) is 0. The van der Waals surface area contributed by atoms with Crippen molar-refractivity contribution in [1.29, 1.82) is 0 Å². The van der Waals surface area contributed by atoms with Crippen molar-refractivity contribution >= 4 is 10.9 Å². The normalized spacial score (nSPS) is 15.1. The van der Waals surface area contributed by atoms with Crippen LogP contribution in [0, 0.1) is 11.7 Å². The summed E-state index contributed by atoms with van der Waals surface area (Å²) >= 11 is 0. The number of nitrogens with zero attached hydrogens (tertiary/aromatic N) is 3. The fraction of sp³-hybridized carbons (Fsp3) is 0.286. The molecule has 4 nitrogen and oxygen atoms in total. The van der Waals surface area contributed by atoms with Crippen molar-refractivity contribution in [2.45, 2.75) is 25.8 Å². The van der Waals surface area contributed by atoms with Gasteiger partial charge in [0.15, 0.2) is 0 Å². The predicted molar refractivity (Wildman–Crippen MR) is 129 cm³/mol. The molecule has 168 valence electrons. The highest BCUT2D eigenvalue weighted by atomic mass is 19.1. The van der Waals surface area contributed by atoms with Crippen molar-refractivity contribution < 1.29 is 9.13 Å². The molecule has 0 saturated carbocycles. The average molecular weight is 442 g/mol. The maximum absolute atomic E-state index is 13.5. The van der Waals surface area contributed by atoms with E-state index in [1.165, 1.54) is 30.5 Å². The molecule has 2 heterocycles. The Balaban J connectivity index is 1.12. The predicted octanol–water partition coefficient (Wildman–Crippen LogP) is 6.12. The highest BCUT2D eigenvalue weighted by Gasteiger charge is 2.19. The minimum atomic E-state index is -0.241. The molecular weight excluding hydrogens is 413 g/mol. The highest BCUT2D eigenvalue weighted by molar-refractivity contribution is 5.84. The van der Waals surface area contributed by atoms with Crippen LogP contribution in [0.25, 0.3) is 22.0 Å². The lowest BCUT2D eigenvalue weighted by atomic mass is 9.93. The molecule has 0 bridgehead atoms. The van der Waals surface area contributed by atoms with E-state index in [4.69, 9.17) is 4.74 Å². The minimum Gasteiger partial charge on any atom is -0.463 e. The van der Waals surface area contributed by atoms with Gasteiger partial charge in [0.25, 0.3) is 0 Å². The zero-order chi connectivity index (χ0) is 22.5. The maximum atomic E-state index is 13.5. The molecule has 0 unspecified atom stereocenters. The van der Waals surface area contributed by atoms with Crippen LogP contribution in [-0.2, 0) is 6.54 Å². The fourth-order valence-corrected chi connectivity index (χ4v) is 4.53. The Morgan fingerprint density at radius 1 is 0.909 bits per heavy atom. The summed E-state index contributed by atoms with van der Waals surface area (Å²) in [5.74, 6) is 0.445.